The molecule has 0 aliphatic rings. The first-order valence-corrected chi connectivity index (χ1v) is 5.71. The number of rotatable bonds is 7. The molecule has 1 aromatic rings. The van der Waals surface area contributed by atoms with E-state index in [1.165, 1.54) is 6.33 Å². The van der Waals surface area contributed by atoms with Crippen molar-refractivity contribution in [1.29, 1.82) is 0 Å². The van der Waals surface area contributed by atoms with Crippen molar-refractivity contribution in [3.05, 3.63) is 6.33 Å². The topological polar surface area (TPSA) is 79.3 Å². The molecule has 0 spiro atoms. The van der Waals surface area contributed by atoms with Crippen LogP contribution in [0.25, 0.3) is 0 Å². The van der Waals surface area contributed by atoms with Crippen molar-refractivity contribution in [3.8, 4) is 5.75 Å². The van der Waals surface area contributed by atoms with Gasteiger partial charge in [0, 0.05) is 13.6 Å². The number of anilines is 2. The minimum atomic E-state index is -0.279. The molecule has 0 radical (unpaired) electrons. The van der Waals surface area contributed by atoms with Crippen molar-refractivity contribution in [2.24, 2.45) is 0 Å². The summed E-state index contributed by atoms with van der Waals surface area (Å²) in [5.41, 5.74) is 0. The Morgan fingerprint density at radius 3 is 2.71 bits per heavy atom. The lowest BCUT2D eigenvalue weighted by molar-refractivity contribution is 0.164. The molecule has 1 unspecified atom stereocenters. The zero-order valence-electron chi connectivity index (χ0n) is 10.5. The second kappa shape index (κ2) is 6.90. The van der Waals surface area contributed by atoms with E-state index in [0.717, 1.165) is 6.42 Å². The Bertz CT molecular complexity index is 346. The molecule has 6 heteroatoms. The lowest BCUT2D eigenvalue weighted by atomic mass is 10.2. The van der Waals surface area contributed by atoms with Crippen molar-refractivity contribution >= 4 is 11.6 Å². The number of nitrogens with one attached hydrogen (secondary N) is 2. The average Bonchev–Trinajstić information content (AvgIpc) is 2.37. The summed E-state index contributed by atoms with van der Waals surface area (Å²) >= 11 is 0. The minimum Gasteiger partial charge on any atom is -0.490 e. The zero-order valence-corrected chi connectivity index (χ0v) is 10.5. The van der Waals surface area contributed by atoms with Crippen LogP contribution in [0.2, 0.25) is 0 Å². The molecule has 0 aliphatic carbocycles. The summed E-state index contributed by atoms with van der Waals surface area (Å²) in [6.45, 7) is 2.60. The summed E-state index contributed by atoms with van der Waals surface area (Å²) in [7, 11) is 3.35. The van der Waals surface area contributed by atoms with E-state index in [4.69, 9.17) is 4.74 Å². The van der Waals surface area contributed by atoms with Gasteiger partial charge in [-0.2, -0.15) is 0 Å². The van der Waals surface area contributed by atoms with Crippen molar-refractivity contribution < 1.29 is 9.84 Å². The number of aromatic nitrogens is 2. The summed E-state index contributed by atoms with van der Waals surface area (Å²) < 4.78 is 5.24. The third-order valence-corrected chi connectivity index (χ3v) is 2.49. The number of aliphatic hydroxyl groups is 1. The Kier molecular flexibility index (Phi) is 5.48. The molecule has 0 aromatic carbocycles. The summed E-state index contributed by atoms with van der Waals surface area (Å²) in [6, 6.07) is 0. The molecule has 0 aliphatic heterocycles. The molecule has 0 saturated heterocycles. The third kappa shape index (κ3) is 3.74. The second-order valence-corrected chi connectivity index (χ2v) is 3.63. The van der Waals surface area contributed by atoms with Crippen LogP contribution >= 0.6 is 0 Å². The predicted octanol–water partition coefficient (Wildman–Crippen LogP) is 1.10. The normalized spacial score (nSPS) is 12.0. The average molecular weight is 240 g/mol. The third-order valence-electron chi connectivity index (χ3n) is 2.49. The van der Waals surface area contributed by atoms with Gasteiger partial charge >= 0.3 is 0 Å². The van der Waals surface area contributed by atoms with Crippen LogP contribution in [0.15, 0.2) is 6.33 Å². The summed E-state index contributed by atoms with van der Waals surface area (Å²) in [6.07, 6.45) is 2.62. The van der Waals surface area contributed by atoms with Crippen LogP contribution in [0.5, 0.6) is 5.75 Å². The van der Waals surface area contributed by atoms with Crippen LogP contribution in [0.4, 0.5) is 11.6 Å². The van der Waals surface area contributed by atoms with Gasteiger partial charge in [0.25, 0.3) is 0 Å². The van der Waals surface area contributed by atoms with Crippen molar-refractivity contribution in [1.82, 2.24) is 9.97 Å². The molecule has 1 aromatic heterocycles. The van der Waals surface area contributed by atoms with Gasteiger partial charge in [0.2, 0.25) is 5.75 Å². The monoisotopic (exact) mass is 240 g/mol. The number of hydrogen-bond donors (Lipinski definition) is 3. The van der Waals surface area contributed by atoms with E-state index in [9.17, 15) is 5.11 Å². The standard InChI is InChI=1S/C11H20N4O2/c1-4-8(16)5-6-13-11-9(17-3)10(12-2)14-7-15-11/h7-8,16H,4-6H2,1-3H3,(H2,12,13,14,15). The fourth-order valence-corrected chi connectivity index (χ4v) is 1.43. The number of hydrogen-bond acceptors (Lipinski definition) is 6. The van der Waals surface area contributed by atoms with Crippen LogP contribution in [-0.2, 0) is 0 Å². The highest BCUT2D eigenvalue weighted by molar-refractivity contribution is 5.63. The summed E-state index contributed by atoms with van der Waals surface area (Å²) in [4.78, 5) is 8.16. The van der Waals surface area contributed by atoms with E-state index in [2.05, 4.69) is 20.6 Å². The highest BCUT2D eigenvalue weighted by atomic mass is 16.5. The SMILES string of the molecule is CCC(O)CCNc1ncnc(NC)c1OC. The van der Waals surface area contributed by atoms with E-state index in [0.29, 0.717) is 30.4 Å². The smallest absolute Gasteiger partial charge is 0.204 e. The Morgan fingerprint density at radius 1 is 1.41 bits per heavy atom. The Hall–Kier alpha value is -1.56. The van der Waals surface area contributed by atoms with Crippen LogP contribution in [-0.4, -0.2) is 41.9 Å². The van der Waals surface area contributed by atoms with Crippen LogP contribution in [0, 0.1) is 0 Å². The lowest BCUT2D eigenvalue weighted by Gasteiger charge is -2.13. The second-order valence-electron chi connectivity index (χ2n) is 3.63. The van der Waals surface area contributed by atoms with Gasteiger partial charge in [0.1, 0.15) is 6.33 Å². The molecule has 0 amide bonds. The molecular formula is C11H20N4O2. The molecule has 96 valence electrons. The van der Waals surface area contributed by atoms with Gasteiger partial charge in [-0.05, 0) is 12.8 Å². The molecule has 1 rings (SSSR count). The maximum absolute atomic E-state index is 9.45. The van der Waals surface area contributed by atoms with E-state index >= 15 is 0 Å². The van der Waals surface area contributed by atoms with E-state index in [1.807, 2.05) is 6.92 Å². The minimum absolute atomic E-state index is 0.279. The zero-order chi connectivity index (χ0) is 12.7. The fourth-order valence-electron chi connectivity index (χ4n) is 1.43. The number of methoxy groups -OCH3 is 1. The molecule has 0 saturated carbocycles. The molecule has 1 atom stereocenters. The van der Waals surface area contributed by atoms with Crippen molar-refractivity contribution in [3.63, 3.8) is 0 Å². The maximum Gasteiger partial charge on any atom is 0.204 e. The first-order valence-electron chi connectivity index (χ1n) is 5.71. The first kappa shape index (κ1) is 13.5. The molecule has 3 N–H and O–H groups in total. The Balaban J connectivity index is 2.64. The van der Waals surface area contributed by atoms with E-state index in [-0.39, 0.29) is 6.10 Å². The van der Waals surface area contributed by atoms with Gasteiger partial charge in [-0.15, -0.1) is 0 Å². The Morgan fingerprint density at radius 2 is 2.12 bits per heavy atom. The van der Waals surface area contributed by atoms with Gasteiger partial charge in [0.05, 0.1) is 13.2 Å². The molecular weight excluding hydrogens is 220 g/mol. The lowest BCUT2D eigenvalue weighted by Crippen LogP contribution is -2.14. The largest absolute Gasteiger partial charge is 0.490 e. The Labute approximate surface area is 101 Å². The summed E-state index contributed by atoms with van der Waals surface area (Å²) in [5, 5.41) is 15.5. The summed E-state index contributed by atoms with van der Waals surface area (Å²) in [5.74, 6) is 1.86. The van der Waals surface area contributed by atoms with Crippen molar-refractivity contribution in [2.75, 3.05) is 31.3 Å². The molecule has 0 fully saturated rings. The van der Waals surface area contributed by atoms with Crippen LogP contribution < -0.4 is 15.4 Å². The van der Waals surface area contributed by atoms with Crippen LogP contribution in [0.1, 0.15) is 19.8 Å². The van der Waals surface area contributed by atoms with Gasteiger partial charge in [-0.1, -0.05) is 6.92 Å². The van der Waals surface area contributed by atoms with Gasteiger partial charge in [-0.25, -0.2) is 9.97 Å². The number of nitrogens with zero attached hydrogens (tertiary/aromatic N) is 2. The highest BCUT2D eigenvalue weighted by Crippen LogP contribution is 2.28. The molecule has 1 heterocycles. The first-order chi connectivity index (χ1) is 8.22. The number of aliphatic hydroxyl groups excluding tert-OH is 1. The predicted molar refractivity (Wildman–Crippen MR) is 67.5 cm³/mol. The van der Waals surface area contributed by atoms with E-state index < -0.39 is 0 Å². The molecule has 6 nitrogen and oxygen atoms in total. The van der Waals surface area contributed by atoms with Crippen LogP contribution in [0.3, 0.4) is 0 Å². The quantitative estimate of drug-likeness (QED) is 0.662. The number of ether oxygens (including phenoxy) is 1. The highest BCUT2D eigenvalue weighted by Gasteiger charge is 2.10. The van der Waals surface area contributed by atoms with E-state index in [1.54, 1.807) is 14.2 Å². The van der Waals surface area contributed by atoms with Gasteiger partial charge in [0.15, 0.2) is 11.6 Å². The van der Waals surface area contributed by atoms with Gasteiger partial charge < -0.3 is 20.5 Å². The fraction of sp³-hybridized carbons (Fsp3) is 0.636. The molecule has 0 bridgehead atoms. The van der Waals surface area contributed by atoms with Gasteiger partial charge in [-0.3, -0.25) is 0 Å². The molecule has 17 heavy (non-hydrogen) atoms. The maximum atomic E-state index is 9.45. The van der Waals surface area contributed by atoms with Crippen molar-refractivity contribution in [2.45, 2.75) is 25.9 Å².